The number of benzene rings is 2. The summed E-state index contributed by atoms with van der Waals surface area (Å²) in [6.07, 6.45) is 3.78. The number of carbonyl (C=O) groups is 1. The predicted octanol–water partition coefficient (Wildman–Crippen LogP) is 4.50. The van der Waals surface area contributed by atoms with Crippen LogP contribution < -0.4 is 10.2 Å². The summed E-state index contributed by atoms with van der Waals surface area (Å²) in [5.74, 6) is -0.0869. The maximum atomic E-state index is 14.6. The zero-order valence-corrected chi connectivity index (χ0v) is 14.8. The fourth-order valence-corrected chi connectivity index (χ4v) is 3.62. The highest BCUT2D eigenvalue weighted by Crippen LogP contribution is 2.32. The van der Waals surface area contributed by atoms with Crippen molar-refractivity contribution in [1.29, 1.82) is 0 Å². The summed E-state index contributed by atoms with van der Waals surface area (Å²) < 4.78 is 14.6. The Morgan fingerprint density at radius 1 is 1.19 bits per heavy atom. The van der Waals surface area contributed by atoms with E-state index in [1.54, 1.807) is 12.3 Å². The summed E-state index contributed by atoms with van der Waals surface area (Å²) in [5.41, 5.74) is 2.88. The van der Waals surface area contributed by atoms with Gasteiger partial charge in [-0.3, -0.25) is 9.79 Å². The van der Waals surface area contributed by atoms with Crippen LogP contribution in [0.5, 0.6) is 0 Å². The largest absolute Gasteiger partial charge is 0.369 e. The van der Waals surface area contributed by atoms with Crippen LogP contribution in [0.3, 0.4) is 0 Å². The fourth-order valence-electron chi connectivity index (χ4n) is 3.62. The van der Waals surface area contributed by atoms with Crippen molar-refractivity contribution in [2.24, 2.45) is 10.9 Å². The SMILES string of the molecule is CC1CCN(c2ccc(N=CC3C(=O)Nc4ccccc43)cc2F)CC1. The van der Waals surface area contributed by atoms with E-state index in [0.29, 0.717) is 17.3 Å². The Kier molecular flexibility index (Phi) is 4.45. The molecule has 0 radical (unpaired) electrons. The van der Waals surface area contributed by atoms with Crippen LogP contribution in [0.2, 0.25) is 0 Å². The molecule has 0 aliphatic carbocycles. The Bertz CT molecular complexity index is 856. The number of para-hydroxylation sites is 1. The molecule has 1 saturated heterocycles. The Hall–Kier alpha value is -2.69. The lowest BCUT2D eigenvalue weighted by molar-refractivity contribution is -0.115. The molecule has 0 aromatic heterocycles. The van der Waals surface area contributed by atoms with Gasteiger partial charge < -0.3 is 10.2 Å². The molecular weight excluding hydrogens is 329 g/mol. The molecule has 0 bridgehead atoms. The molecule has 0 saturated carbocycles. The maximum Gasteiger partial charge on any atom is 0.237 e. The van der Waals surface area contributed by atoms with Crippen LogP contribution in [-0.4, -0.2) is 25.2 Å². The highest BCUT2D eigenvalue weighted by atomic mass is 19.1. The van der Waals surface area contributed by atoms with Crippen molar-refractivity contribution in [2.75, 3.05) is 23.3 Å². The number of nitrogens with one attached hydrogen (secondary N) is 1. The first-order valence-electron chi connectivity index (χ1n) is 9.10. The molecule has 2 aromatic rings. The van der Waals surface area contributed by atoms with Gasteiger partial charge in [-0.2, -0.15) is 0 Å². The number of fused-ring (bicyclic) bond motifs is 1. The van der Waals surface area contributed by atoms with Gasteiger partial charge in [0.25, 0.3) is 0 Å². The van der Waals surface area contributed by atoms with Gasteiger partial charge in [0.15, 0.2) is 0 Å². The van der Waals surface area contributed by atoms with Gasteiger partial charge >= 0.3 is 0 Å². The molecule has 1 unspecified atom stereocenters. The Labute approximate surface area is 152 Å². The van der Waals surface area contributed by atoms with E-state index in [1.165, 1.54) is 6.07 Å². The smallest absolute Gasteiger partial charge is 0.237 e. The molecule has 1 fully saturated rings. The molecule has 26 heavy (non-hydrogen) atoms. The van der Waals surface area contributed by atoms with Gasteiger partial charge in [0.1, 0.15) is 11.7 Å². The van der Waals surface area contributed by atoms with Crippen molar-refractivity contribution in [3.05, 3.63) is 53.8 Å². The first-order chi connectivity index (χ1) is 12.6. The molecule has 4 nitrogen and oxygen atoms in total. The number of piperidine rings is 1. The molecular formula is C21H22FN3O. The van der Waals surface area contributed by atoms with Crippen molar-refractivity contribution in [2.45, 2.75) is 25.7 Å². The number of aliphatic imine (C=N–C) groups is 1. The van der Waals surface area contributed by atoms with Crippen molar-refractivity contribution in [1.82, 2.24) is 0 Å². The van der Waals surface area contributed by atoms with Crippen molar-refractivity contribution in [3.8, 4) is 0 Å². The standard InChI is InChI=1S/C21H22FN3O/c1-14-8-10-25(11-9-14)20-7-6-15(12-18(20)22)23-13-17-16-4-2-3-5-19(16)24-21(17)26/h2-7,12-14,17H,8-11H2,1H3,(H,24,26). The van der Waals surface area contributed by atoms with E-state index in [1.807, 2.05) is 30.3 Å². The molecule has 4 rings (SSSR count). The minimum atomic E-state index is -0.433. The van der Waals surface area contributed by atoms with Crippen molar-refractivity contribution >= 4 is 29.2 Å². The van der Waals surface area contributed by atoms with Crippen LogP contribution in [-0.2, 0) is 4.79 Å². The number of carbonyl (C=O) groups excluding carboxylic acids is 1. The van der Waals surface area contributed by atoms with Crippen molar-refractivity contribution < 1.29 is 9.18 Å². The summed E-state index contributed by atoms with van der Waals surface area (Å²) in [5, 5.41) is 2.84. The minimum Gasteiger partial charge on any atom is -0.369 e. The molecule has 2 aliphatic rings. The fraction of sp³-hybridized carbons (Fsp3) is 0.333. The van der Waals surface area contributed by atoms with Crippen molar-refractivity contribution in [3.63, 3.8) is 0 Å². The first-order valence-corrected chi connectivity index (χ1v) is 9.10. The lowest BCUT2D eigenvalue weighted by atomic mass is 9.99. The number of amides is 1. The topological polar surface area (TPSA) is 44.7 Å². The van der Waals surface area contributed by atoms with Gasteiger partial charge in [0.05, 0.1) is 11.4 Å². The van der Waals surface area contributed by atoms with Gasteiger partial charge in [-0.05, 0) is 42.5 Å². The zero-order valence-electron chi connectivity index (χ0n) is 14.8. The third kappa shape index (κ3) is 3.21. The molecule has 2 aromatic carbocycles. The Balaban J connectivity index is 1.51. The molecule has 0 spiro atoms. The van der Waals surface area contributed by atoms with Crippen LogP contribution >= 0.6 is 0 Å². The monoisotopic (exact) mass is 351 g/mol. The molecule has 2 heterocycles. The molecule has 134 valence electrons. The summed E-state index contributed by atoms with van der Waals surface area (Å²) in [6.45, 7) is 4.02. The number of anilines is 2. The second kappa shape index (κ2) is 6.90. The molecule has 1 atom stereocenters. The number of halogens is 1. The normalized spacial score (nSPS) is 20.5. The third-order valence-corrected chi connectivity index (χ3v) is 5.26. The van der Waals surface area contributed by atoms with E-state index in [-0.39, 0.29) is 11.7 Å². The zero-order chi connectivity index (χ0) is 18.1. The van der Waals surface area contributed by atoms with E-state index in [0.717, 1.165) is 37.2 Å². The second-order valence-corrected chi connectivity index (χ2v) is 7.14. The summed E-state index contributed by atoms with van der Waals surface area (Å²) in [4.78, 5) is 18.6. The highest BCUT2D eigenvalue weighted by Gasteiger charge is 2.28. The van der Waals surface area contributed by atoms with Crippen LogP contribution in [0, 0.1) is 11.7 Å². The lowest BCUT2D eigenvalue weighted by Crippen LogP contribution is -2.33. The number of hydrogen-bond acceptors (Lipinski definition) is 3. The van der Waals surface area contributed by atoms with Crippen LogP contribution in [0.15, 0.2) is 47.5 Å². The van der Waals surface area contributed by atoms with E-state index in [9.17, 15) is 9.18 Å². The quantitative estimate of drug-likeness (QED) is 0.828. The predicted molar refractivity (Wildman–Crippen MR) is 103 cm³/mol. The van der Waals surface area contributed by atoms with E-state index >= 15 is 0 Å². The van der Waals surface area contributed by atoms with Gasteiger partial charge in [0.2, 0.25) is 5.91 Å². The lowest BCUT2D eigenvalue weighted by Gasteiger charge is -2.32. The van der Waals surface area contributed by atoms with Crippen LogP contribution in [0.25, 0.3) is 0 Å². The maximum absolute atomic E-state index is 14.6. The summed E-state index contributed by atoms with van der Waals surface area (Å²) in [7, 11) is 0. The average molecular weight is 351 g/mol. The third-order valence-electron chi connectivity index (χ3n) is 5.26. The molecule has 1 N–H and O–H groups in total. The molecule has 2 aliphatic heterocycles. The average Bonchev–Trinajstić information content (AvgIpc) is 2.96. The summed E-state index contributed by atoms with van der Waals surface area (Å²) in [6, 6.07) is 12.6. The van der Waals surface area contributed by atoms with E-state index in [2.05, 4.69) is 22.1 Å². The van der Waals surface area contributed by atoms with Crippen LogP contribution in [0.1, 0.15) is 31.2 Å². The summed E-state index contributed by atoms with van der Waals surface area (Å²) >= 11 is 0. The van der Waals surface area contributed by atoms with Gasteiger partial charge in [-0.1, -0.05) is 25.1 Å². The van der Waals surface area contributed by atoms with E-state index < -0.39 is 5.92 Å². The number of nitrogens with zero attached hydrogens (tertiary/aromatic N) is 2. The van der Waals surface area contributed by atoms with E-state index in [4.69, 9.17) is 0 Å². The molecule has 5 heteroatoms. The minimum absolute atomic E-state index is 0.102. The highest BCUT2D eigenvalue weighted by molar-refractivity contribution is 6.12. The van der Waals surface area contributed by atoms with Gasteiger partial charge in [-0.15, -0.1) is 0 Å². The Morgan fingerprint density at radius 2 is 1.96 bits per heavy atom. The van der Waals surface area contributed by atoms with Gasteiger partial charge in [-0.25, -0.2) is 4.39 Å². The first kappa shape index (κ1) is 16.8. The second-order valence-electron chi connectivity index (χ2n) is 7.14. The number of rotatable bonds is 3. The molecule has 1 amide bonds. The number of hydrogen-bond donors (Lipinski definition) is 1. The van der Waals surface area contributed by atoms with Gasteiger partial charge in [0, 0.05) is 31.1 Å². The van der Waals surface area contributed by atoms with Crippen LogP contribution in [0.4, 0.5) is 21.5 Å². The Morgan fingerprint density at radius 3 is 2.73 bits per heavy atom.